The van der Waals surface area contributed by atoms with E-state index in [1.165, 1.54) is 18.2 Å². The summed E-state index contributed by atoms with van der Waals surface area (Å²) >= 11 is 5.78. The standard InChI is InChI=1S/C11H8ClFN2O2/c12-9-5-7(13)1-3-10(9)17-11-4-2-8(6-16)14-15-11/h1-5,16H,6H2. The van der Waals surface area contributed by atoms with Gasteiger partial charge in [-0.3, -0.25) is 0 Å². The van der Waals surface area contributed by atoms with Gasteiger partial charge in [-0.15, -0.1) is 10.2 Å². The fourth-order valence-corrected chi connectivity index (χ4v) is 1.36. The van der Waals surface area contributed by atoms with Crippen LogP contribution in [0.1, 0.15) is 5.69 Å². The minimum absolute atomic E-state index is 0.151. The molecule has 0 atom stereocenters. The number of aliphatic hydroxyl groups is 1. The third kappa shape index (κ3) is 2.89. The maximum absolute atomic E-state index is 12.8. The molecule has 4 nitrogen and oxygen atoms in total. The highest BCUT2D eigenvalue weighted by Crippen LogP contribution is 2.28. The summed E-state index contributed by atoms with van der Waals surface area (Å²) in [6.07, 6.45) is 0. The van der Waals surface area contributed by atoms with E-state index in [1.54, 1.807) is 6.07 Å². The van der Waals surface area contributed by atoms with E-state index in [4.69, 9.17) is 21.4 Å². The predicted molar refractivity (Wildman–Crippen MR) is 59.4 cm³/mol. The fraction of sp³-hybridized carbons (Fsp3) is 0.0909. The highest BCUT2D eigenvalue weighted by atomic mass is 35.5. The van der Waals surface area contributed by atoms with Crippen LogP contribution in [0.15, 0.2) is 30.3 Å². The molecule has 88 valence electrons. The molecule has 0 aliphatic carbocycles. The second-order valence-corrected chi connectivity index (χ2v) is 3.61. The molecule has 1 N–H and O–H groups in total. The first-order valence-corrected chi connectivity index (χ1v) is 5.13. The van der Waals surface area contributed by atoms with Gasteiger partial charge in [0.05, 0.1) is 17.3 Å². The zero-order valence-electron chi connectivity index (χ0n) is 8.60. The lowest BCUT2D eigenvalue weighted by atomic mass is 10.3. The summed E-state index contributed by atoms with van der Waals surface area (Å²) in [6.45, 7) is -0.190. The monoisotopic (exact) mass is 254 g/mol. The summed E-state index contributed by atoms with van der Waals surface area (Å²) < 4.78 is 18.1. The van der Waals surface area contributed by atoms with Crippen molar-refractivity contribution in [1.82, 2.24) is 10.2 Å². The minimum Gasteiger partial charge on any atom is -0.436 e. The lowest BCUT2D eigenvalue weighted by molar-refractivity contribution is 0.274. The number of halogens is 2. The van der Waals surface area contributed by atoms with E-state index in [2.05, 4.69) is 10.2 Å². The number of benzene rings is 1. The van der Waals surface area contributed by atoms with Gasteiger partial charge >= 0.3 is 0 Å². The molecule has 1 aromatic heterocycles. The smallest absolute Gasteiger partial charge is 0.238 e. The zero-order valence-corrected chi connectivity index (χ0v) is 9.36. The third-order valence-corrected chi connectivity index (χ3v) is 2.26. The van der Waals surface area contributed by atoms with Gasteiger partial charge in [0.1, 0.15) is 11.6 Å². The molecule has 0 saturated carbocycles. The first-order valence-electron chi connectivity index (χ1n) is 4.75. The minimum atomic E-state index is -0.441. The van der Waals surface area contributed by atoms with Gasteiger partial charge in [-0.25, -0.2) is 4.39 Å². The first kappa shape index (κ1) is 11.8. The Morgan fingerprint density at radius 1 is 1.24 bits per heavy atom. The van der Waals surface area contributed by atoms with Crippen LogP contribution in [0, 0.1) is 5.82 Å². The molecule has 0 amide bonds. The van der Waals surface area contributed by atoms with Gasteiger partial charge in [-0.1, -0.05) is 11.6 Å². The van der Waals surface area contributed by atoms with E-state index < -0.39 is 5.82 Å². The maximum Gasteiger partial charge on any atom is 0.238 e. The topological polar surface area (TPSA) is 55.2 Å². The SMILES string of the molecule is OCc1ccc(Oc2ccc(F)cc2Cl)nn1. The zero-order chi connectivity index (χ0) is 12.3. The Balaban J connectivity index is 2.19. The molecule has 0 aliphatic rings. The molecule has 6 heteroatoms. The molecule has 2 aromatic rings. The molecule has 1 aromatic carbocycles. The van der Waals surface area contributed by atoms with Crippen LogP contribution in [-0.2, 0) is 6.61 Å². The number of hydrogen-bond acceptors (Lipinski definition) is 4. The number of hydrogen-bond donors (Lipinski definition) is 1. The lowest BCUT2D eigenvalue weighted by Gasteiger charge is -2.05. The number of rotatable bonds is 3. The van der Waals surface area contributed by atoms with Crippen LogP contribution in [0.4, 0.5) is 4.39 Å². The average Bonchev–Trinajstić information content (AvgIpc) is 2.34. The Hall–Kier alpha value is -1.72. The summed E-state index contributed by atoms with van der Waals surface area (Å²) in [6, 6.07) is 6.89. The Morgan fingerprint density at radius 3 is 2.65 bits per heavy atom. The second kappa shape index (κ2) is 5.07. The second-order valence-electron chi connectivity index (χ2n) is 3.20. The van der Waals surface area contributed by atoms with Crippen molar-refractivity contribution in [3.8, 4) is 11.6 Å². The van der Waals surface area contributed by atoms with Crippen molar-refractivity contribution in [2.24, 2.45) is 0 Å². The fourth-order valence-electron chi connectivity index (χ4n) is 1.16. The number of nitrogens with zero attached hydrogens (tertiary/aromatic N) is 2. The van der Waals surface area contributed by atoms with Crippen LogP contribution in [0.5, 0.6) is 11.6 Å². The number of aliphatic hydroxyl groups excluding tert-OH is 1. The van der Waals surface area contributed by atoms with E-state index in [1.807, 2.05) is 0 Å². The Bertz CT molecular complexity index is 519. The van der Waals surface area contributed by atoms with Crippen LogP contribution in [0.3, 0.4) is 0 Å². The summed E-state index contributed by atoms with van der Waals surface area (Å²) in [5.74, 6) is 0.0684. The van der Waals surface area contributed by atoms with Crippen LogP contribution >= 0.6 is 11.6 Å². The average molecular weight is 255 g/mol. The molecular weight excluding hydrogens is 247 g/mol. The highest BCUT2D eigenvalue weighted by Gasteiger charge is 2.05. The van der Waals surface area contributed by atoms with E-state index in [-0.39, 0.29) is 17.5 Å². The summed E-state index contributed by atoms with van der Waals surface area (Å²) in [5, 5.41) is 16.4. The quantitative estimate of drug-likeness (QED) is 0.915. The molecule has 0 fully saturated rings. The maximum atomic E-state index is 12.8. The molecule has 17 heavy (non-hydrogen) atoms. The van der Waals surface area contributed by atoms with E-state index in [0.717, 1.165) is 6.07 Å². The molecule has 0 spiro atoms. The van der Waals surface area contributed by atoms with Gasteiger partial charge in [0, 0.05) is 6.07 Å². The van der Waals surface area contributed by atoms with Crippen molar-refractivity contribution < 1.29 is 14.2 Å². The molecule has 2 rings (SSSR count). The molecule has 1 heterocycles. The molecule has 0 radical (unpaired) electrons. The summed E-state index contributed by atoms with van der Waals surface area (Å²) in [4.78, 5) is 0. The van der Waals surface area contributed by atoms with Crippen LogP contribution in [0.2, 0.25) is 5.02 Å². The van der Waals surface area contributed by atoms with Crippen molar-refractivity contribution in [2.45, 2.75) is 6.61 Å². The van der Waals surface area contributed by atoms with Crippen molar-refractivity contribution in [3.05, 3.63) is 46.9 Å². The molecule has 0 saturated heterocycles. The first-order chi connectivity index (χ1) is 8.19. The molecular formula is C11H8ClFN2O2. The van der Waals surface area contributed by atoms with Crippen molar-refractivity contribution in [3.63, 3.8) is 0 Å². The third-order valence-electron chi connectivity index (χ3n) is 1.97. The Kier molecular flexibility index (Phi) is 3.51. The van der Waals surface area contributed by atoms with Crippen LogP contribution < -0.4 is 4.74 Å². The highest BCUT2D eigenvalue weighted by molar-refractivity contribution is 6.32. The van der Waals surface area contributed by atoms with Crippen molar-refractivity contribution in [2.75, 3.05) is 0 Å². The van der Waals surface area contributed by atoms with E-state index in [0.29, 0.717) is 11.4 Å². The van der Waals surface area contributed by atoms with E-state index in [9.17, 15) is 4.39 Å². The largest absolute Gasteiger partial charge is 0.436 e. The van der Waals surface area contributed by atoms with Crippen molar-refractivity contribution in [1.29, 1.82) is 0 Å². The lowest BCUT2D eigenvalue weighted by Crippen LogP contribution is -1.95. The van der Waals surface area contributed by atoms with Crippen LogP contribution in [0.25, 0.3) is 0 Å². The molecule has 0 unspecified atom stereocenters. The van der Waals surface area contributed by atoms with Gasteiger partial charge in [0.25, 0.3) is 0 Å². The van der Waals surface area contributed by atoms with Crippen molar-refractivity contribution >= 4 is 11.6 Å². The van der Waals surface area contributed by atoms with Gasteiger partial charge in [0.15, 0.2) is 0 Å². The van der Waals surface area contributed by atoms with Gasteiger partial charge in [0.2, 0.25) is 5.88 Å². The molecule has 0 aliphatic heterocycles. The van der Waals surface area contributed by atoms with Crippen LogP contribution in [-0.4, -0.2) is 15.3 Å². The Morgan fingerprint density at radius 2 is 2.06 bits per heavy atom. The molecule has 0 bridgehead atoms. The van der Waals surface area contributed by atoms with Gasteiger partial charge < -0.3 is 9.84 Å². The van der Waals surface area contributed by atoms with Gasteiger partial charge in [-0.05, 0) is 24.3 Å². The number of ether oxygens (including phenoxy) is 1. The Labute approximate surface area is 102 Å². The normalized spacial score (nSPS) is 10.3. The number of aromatic nitrogens is 2. The van der Waals surface area contributed by atoms with Gasteiger partial charge in [-0.2, -0.15) is 0 Å². The van der Waals surface area contributed by atoms with E-state index >= 15 is 0 Å². The predicted octanol–water partition coefficient (Wildman–Crippen LogP) is 2.55. The summed E-state index contributed by atoms with van der Waals surface area (Å²) in [7, 11) is 0. The summed E-state index contributed by atoms with van der Waals surface area (Å²) in [5.41, 5.74) is 0.433.